The molecule has 0 saturated heterocycles. The van der Waals surface area contributed by atoms with Crippen molar-refractivity contribution in [1.29, 1.82) is 0 Å². The third-order valence-corrected chi connectivity index (χ3v) is 3.65. The molecule has 0 spiro atoms. The van der Waals surface area contributed by atoms with Crippen molar-refractivity contribution >= 4 is 0 Å². The van der Waals surface area contributed by atoms with E-state index in [1.165, 1.54) is 0 Å². The summed E-state index contributed by atoms with van der Waals surface area (Å²) in [5, 5.41) is 0. The normalized spacial score (nSPS) is 11.1. The summed E-state index contributed by atoms with van der Waals surface area (Å²) < 4.78 is 108. The van der Waals surface area contributed by atoms with Crippen molar-refractivity contribution in [3.05, 3.63) is 82.9 Å². The largest absolute Gasteiger partial charge is 0.206 e. The molecular formula is C18H6F8. The highest BCUT2D eigenvalue weighted by Crippen LogP contribution is 2.33. The minimum atomic E-state index is -1.77. The smallest absolute Gasteiger partial charge is 0.194 e. The van der Waals surface area contributed by atoms with E-state index in [-0.39, 0.29) is 0 Å². The number of hydrogen-bond acceptors (Lipinski definition) is 0. The first-order chi connectivity index (χ1) is 12.2. The van der Waals surface area contributed by atoms with E-state index in [0.717, 1.165) is 0 Å². The lowest BCUT2D eigenvalue weighted by atomic mass is 9.98. The Bertz CT molecular complexity index is 897. The Balaban J connectivity index is 2.16. The van der Waals surface area contributed by atoms with Gasteiger partial charge in [-0.2, -0.15) is 0 Å². The van der Waals surface area contributed by atoms with Crippen molar-refractivity contribution in [2.24, 2.45) is 0 Å². The van der Waals surface area contributed by atoms with Crippen LogP contribution in [0.1, 0.15) is 0 Å². The van der Waals surface area contributed by atoms with Crippen molar-refractivity contribution in [2.75, 3.05) is 0 Å². The molecule has 0 saturated carbocycles. The Hall–Kier alpha value is -2.90. The molecule has 0 amide bonds. The third kappa shape index (κ3) is 3.02. The van der Waals surface area contributed by atoms with Gasteiger partial charge in [-0.3, -0.25) is 0 Å². The van der Waals surface area contributed by atoms with Gasteiger partial charge in [0.15, 0.2) is 34.9 Å². The highest BCUT2D eigenvalue weighted by molar-refractivity contribution is 5.72. The zero-order valence-electron chi connectivity index (χ0n) is 12.5. The van der Waals surface area contributed by atoms with Gasteiger partial charge in [-0.05, 0) is 47.5 Å². The molecule has 0 aliphatic heterocycles. The van der Waals surface area contributed by atoms with Crippen LogP contribution < -0.4 is 0 Å². The van der Waals surface area contributed by atoms with Crippen LogP contribution in [-0.2, 0) is 0 Å². The van der Waals surface area contributed by atoms with E-state index >= 15 is 0 Å². The van der Waals surface area contributed by atoms with Crippen molar-refractivity contribution in [3.8, 4) is 22.3 Å². The van der Waals surface area contributed by atoms with Crippen LogP contribution in [0.5, 0.6) is 0 Å². The van der Waals surface area contributed by atoms with Crippen LogP contribution in [0.2, 0.25) is 0 Å². The molecular weight excluding hydrogens is 368 g/mol. The van der Waals surface area contributed by atoms with Gasteiger partial charge < -0.3 is 0 Å². The summed E-state index contributed by atoms with van der Waals surface area (Å²) in [6, 6.07) is 2.91. The molecule has 0 aliphatic carbocycles. The molecule has 0 nitrogen and oxygen atoms in total. The number of benzene rings is 3. The van der Waals surface area contributed by atoms with Crippen molar-refractivity contribution in [3.63, 3.8) is 0 Å². The Morgan fingerprint density at radius 3 is 0.885 bits per heavy atom. The maximum atomic E-state index is 14.3. The second kappa shape index (κ2) is 6.44. The van der Waals surface area contributed by atoms with Gasteiger partial charge in [0.25, 0.3) is 0 Å². The predicted octanol–water partition coefficient (Wildman–Crippen LogP) is 6.13. The number of halogens is 8. The van der Waals surface area contributed by atoms with Crippen LogP contribution in [0.4, 0.5) is 35.1 Å². The van der Waals surface area contributed by atoms with Crippen LogP contribution >= 0.6 is 0 Å². The van der Waals surface area contributed by atoms with Crippen LogP contribution in [0.15, 0.2) is 36.4 Å². The zero-order valence-corrected chi connectivity index (χ0v) is 12.5. The Labute approximate surface area is 141 Å². The first-order valence-corrected chi connectivity index (χ1v) is 6.98. The van der Waals surface area contributed by atoms with Gasteiger partial charge in [-0.15, -0.1) is 0 Å². The molecule has 3 rings (SSSR count). The van der Waals surface area contributed by atoms with Crippen molar-refractivity contribution in [2.45, 2.75) is 0 Å². The van der Waals surface area contributed by atoms with Crippen molar-refractivity contribution in [1.82, 2.24) is 0 Å². The topological polar surface area (TPSA) is 0 Å². The maximum absolute atomic E-state index is 14.3. The molecule has 0 fully saturated rings. The van der Waals surface area contributed by atoms with Crippen LogP contribution in [0, 0.1) is 46.5 Å². The van der Waals surface area contributed by atoms with Crippen molar-refractivity contribution < 1.29 is 35.1 Å². The molecule has 0 unspecified atom stereocenters. The summed E-state index contributed by atoms with van der Waals surface area (Å²) in [4.78, 5) is 0. The Kier molecular flexibility index (Phi) is 4.43. The third-order valence-electron chi connectivity index (χ3n) is 3.65. The SMILES string of the molecule is Fc1cc(-c2cc(F)c(F)c(F)c2)c(F)cc1-c1cc(F)c(F)c(F)c1. The Morgan fingerprint density at radius 1 is 0.346 bits per heavy atom. The molecule has 0 heterocycles. The molecule has 134 valence electrons. The predicted molar refractivity (Wildman–Crippen MR) is 77.0 cm³/mol. The lowest BCUT2D eigenvalue weighted by Gasteiger charge is -2.10. The van der Waals surface area contributed by atoms with E-state index in [1.807, 2.05) is 0 Å². The molecule has 0 aromatic heterocycles. The minimum Gasteiger partial charge on any atom is -0.206 e. The van der Waals surface area contributed by atoms with Crippen LogP contribution in [0.3, 0.4) is 0 Å². The average molecular weight is 374 g/mol. The lowest BCUT2D eigenvalue weighted by Crippen LogP contribution is -1.97. The molecule has 0 atom stereocenters. The van der Waals surface area contributed by atoms with E-state index < -0.39 is 68.8 Å². The maximum Gasteiger partial charge on any atom is 0.194 e. The highest BCUT2D eigenvalue weighted by atomic mass is 19.2. The fourth-order valence-electron chi connectivity index (χ4n) is 2.41. The van der Waals surface area contributed by atoms with E-state index in [2.05, 4.69) is 0 Å². The monoisotopic (exact) mass is 374 g/mol. The molecule has 8 heteroatoms. The molecule has 3 aromatic carbocycles. The lowest BCUT2D eigenvalue weighted by molar-refractivity contribution is 0.447. The van der Waals surface area contributed by atoms with E-state index in [0.29, 0.717) is 36.4 Å². The van der Waals surface area contributed by atoms with Gasteiger partial charge in [-0.25, -0.2) is 35.1 Å². The minimum absolute atomic E-state index is 0.465. The summed E-state index contributed by atoms with van der Waals surface area (Å²) in [6.07, 6.45) is 0. The summed E-state index contributed by atoms with van der Waals surface area (Å²) in [7, 11) is 0. The van der Waals surface area contributed by atoms with Gasteiger partial charge in [0.05, 0.1) is 0 Å². The second-order valence-corrected chi connectivity index (χ2v) is 5.32. The molecule has 0 radical (unpaired) electrons. The van der Waals surface area contributed by atoms with E-state index in [9.17, 15) is 35.1 Å². The molecule has 3 aromatic rings. The van der Waals surface area contributed by atoms with E-state index in [1.54, 1.807) is 0 Å². The molecule has 26 heavy (non-hydrogen) atoms. The van der Waals surface area contributed by atoms with Crippen LogP contribution in [-0.4, -0.2) is 0 Å². The summed E-state index contributed by atoms with van der Waals surface area (Å²) in [5.74, 6) is -12.4. The van der Waals surface area contributed by atoms with Gasteiger partial charge >= 0.3 is 0 Å². The number of rotatable bonds is 2. The molecule has 0 N–H and O–H groups in total. The fraction of sp³-hybridized carbons (Fsp3) is 0. The summed E-state index contributed by atoms with van der Waals surface area (Å²) in [5.41, 5.74) is -2.18. The van der Waals surface area contributed by atoms with Gasteiger partial charge in [0.1, 0.15) is 11.6 Å². The summed E-state index contributed by atoms with van der Waals surface area (Å²) in [6.45, 7) is 0. The average Bonchev–Trinajstić information content (AvgIpc) is 2.58. The first-order valence-electron chi connectivity index (χ1n) is 6.98. The van der Waals surface area contributed by atoms with Gasteiger partial charge in [0.2, 0.25) is 0 Å². The fourth-order valence-corrected chi connectivity index (χ4v) is 2.41. The van der Waals surface area contributed by atoms with Crippen LogP contribution in [0.25, 0.3) is 22.3 Å². The quantitative estimate of drug-likeness (QED) is 0.374. The number of hydrogen-bond donors (Lipinski definition) is 0. The van der Waals surface area contributed by atoms with Gasteiger partial charge in [-0.1, -0.05) is 0 Å². The Morgan fingerprint density at radius 2 is 0.615 bits per heavy atom. The first kappa shape index (κ1) is 17.9. The van der Waals surface area contributed by atoms with E-state index in [4.69, 9.17) is 0 Å². The zero-order chi connectivity index (χ0) is 19.2. The standard InChI is InChI=1S/C18H6F8/c19-11-6-10(8-3-15(23)18(26)16(24)4-8)12(20)5-9(11)7-1-13(21)17(25)14(22)2-7/h1-6H. The summed E-state index contributed by atoms with van der Waals surface area (Å²) >= 11 is 0. The molecule has 0 aliphatic rings. The molecule has 0 bridgehead atoms. The highest BCUT2D eigenvalue weighted by Gasteiger charge is 2.19. The van der Waals surface area contributed by atoms with Gasteiger partial charge in [0, 0.05) is 11.1 Å². The second-order valence-electron chi connectivity index (χ2n) is 5.32.